The van der Waals surface area contributed by atoms with E-state index in [0.717, 1.165) is 4.90 Å². The van der Waals surface area contributed by atoms with Gasteiger partial charge in [0.1, 0.15) is 18.3 Å². The van der Waals surface area contributed by atoms with Crippen LogP contribution in [0.1, 0.15) is 27.1 Å². The third kappa shape index (κ3) is 1.97. The molecule has 0 bridgehead atoms. The normalized spacial score (nSPS) is 36.0. The van der Waals surface area contributed by atoms with Crippen LogP contribution in [0.5, 0.6) is 0 Å². The molecule has 1 heterocycles. The van der Waals surface area contributed by atoms with Crippen LogP contribution < -0.4 is 0 Å². The summed E-state index contributed by atoms with van der Waals surface area (Å²) in [6.07, 6.45) is -6.15. The molecule has 2 aliphatic rings. The Kier molecular flexibility index (Phi) is 3.29. The lowest BCUT2D eigenvalue weighted by Crippen LogP contribution is -2.61. The minimum Gasteiger partial charge on any atom is -0.390 e. The van der Waals surface area contributed by atoms with E-state index in [-0.39, 0.29) is 17.5 Å². The maximum atomic E-state index is 12.3. The Hall–Kier alpha value is -1.80. The van der Waals surface area contributed by atoms with Gasteiger partial charge < -0.3 is 20.4 Å². The maximum absolute atomic E-state index is 12.3. The van der Waals surface area contributed by atoms with E-state index in [4.69, 9.17) is 0 Å². The molecule has 4 N–H and O–H groups in total. The number of imide groups is 1. The van der Waals surface area contributed by atoms with Crippen LogP contribution in [-0.2, 0) is 0 Å². The van der Waals surface area contributed by atoms with E-state index >= 15 is 0 Å². The first-order chi connectivity index (χ1) is 9.93. The summed E-state index contributed by atoms with van der Waals surface area (Å²) in [6.45, 7) is 0. The Labute approximate surface area is 120 Å². The number of fused-ring (bicyclic) bond motifs is 1. The van der Waals surface area contributed by atoms with Crippen LogP contribution >= 0.6 is 0 Å². The SMILES string of the molecule is O=C1c2ccccc2C(=O)N1[C@@H]1C[C@@H](O)[C@H](O)[C@H](O)[C@H]1O. The van der Waals surface area contributed by atoms with Gasteiger partial charge in [0, 0.05) is 0 Å². The van der Waals surface area contributed by atoms with E-state index in [9.17, 15) is 30.0 Å². The molecule has 21 heavy (non-hydrogen) atoms. The molecule has 0 saturated heterocycles. The molecule has 0 spiro atoms. The highest BCUT2D eigenvalue weighted by atomic mass is 16.4. The molecule has 0 unspecified atom stereocenters. The maximum Gasteiger partial charge on any atom is 0.261 e. The van der Waals surface area contributed by atoms with E-state index in [0.29, 0.717) is 0 Å². The van der Waals surface area contributed by atoms with Gasteiger partial charge in [-0.2, -0.15) is 0 Å². The fourth-order valence-electron chi connectivity index (χ4n) is 2.95. The first kappa shape index (κ1) is 14.2. The molecule has 0 radical (unpaired) electrons. The van der Waals surface area contributed by atoms with Crippen molar-refractivity contribution in [2.45, 2.75) is 36.9 Å². The molecule has 112 valence electrons. The molecule has 3 rings (SSSR count). The number of hydrogen-bond acceptors (Lipinski definition) is 6. The Bertz CT molecular complexity index is 568. The number of aliphatic hydroxyl groups excluding tert-OH is 4. The van der Waals surface area contributed by atoms with Crippen molar-refractivity contribution >= 4 is 11.8 Å². The summed E-state index contributed by atoms with van der Waals surface area (Å²) in [7, 11) is 0. The van der Waals surface area contributed by atoms with Crippen LogP contribution in [-0.4, -0.2) is 67.6 Å². The van der Waals surface area contributed by atoms with E-state index in [1.54, 1.807) is 12.1 Å². The summed E-state index contributed by atoms with van der Waals surface area (Å²) < 4.78 is 0. The highest BCUT2D eigenvalue weighted by molar-refractivity contribution is 6.21. The van der Waals surface area contributed by atoms with Gasteiger partial charge >= 0.3 is 0 Å². The molecule has 2 amide bonds. The van der Waals surface area contributed by atoms with Gasteiger partial charge in [0.2, 0.25) is 0 Å². The van der Waals surface area contributed by atoms with Crippen LogP contribution in [0.4, 0.5) is 0 Å². The number of carbonyl (C=O) groups is 2. The van der Waals surface area contributed by atoms with Crippen LogP contribution in [0, 0.1) is 0 Å². The van der Waals surface area contributed by atoms with Crippen molar-refractivity contribution in [3.8, 4) is 0 Å². The minimum atomic E-state index is -1.62. The van der Waals surface area contributed by atoms with E-state index < -0.39 is 42.3 Å². The average molecular weight is 293 g/mol. The fourth-order valence-corrected chi connectivity index (χ4v) is 2.95. The van der Waals surface area contributed by atoms with Crippen LogP contribution in [0.25, 0.3) is 0 Å². The number of rotatable bonds is 1. The molecule has 1 aromatic carbocycles. The minimum absolute atomic E-state index is 0.190. The summed E-state index contributed by atoms with van der Waals surface area (Å²) in [5, 5.41) is 39.0. The Balaban J connectivity index is 1.95. The third-order valence-corrected chi connectivity index (χ3v) is 4.13. The van der Waals surface area contributed by atoms with Crippen molar-refractivity contribution in [3.63, 3.8) is 0 Å². The van der Waals surface area contributed by atoms with E-state index in [2.05, 4.69) is 0 Å². The summed E-state index contributed by atoms with van der Waals surface area (Å²) in [6, 6.07) is 5.18. The van der Waals surface area contributed by atoms with Gasteiger partial charge in [0.15, 0.2) is 0 Å². The van der Waals surface area contributed by atoms with Gasteiger partial charge in [-0.05, 0) is 18.6 Å². The first-order valence-corrected chi connectivity index (χ1v) is 6.62. The predicted molar refractivity (Wildman–Crippen MR) is 69.4 cm³/mol. The van der Waals surface area contributed by atoms with Crippen molar-refractivity contribution in [3.05, 3.63) is 35.4 Å². The number of hydrogen-bond donors (Lipinski definition) is 4. The number of aliphatic hydroxyl groups is 4. The van der Waals surface area contributed by atoms with Crippen LogP contribution in [0.15, 0.2) is 24.3 Å². The van der Waals surface area contributed by atoms with Crippen molar-refractivity contribution in [1.29, 1.82) is 0 Å². The largest absolute Gasteiger partial charge is 0.390 e. The molecule has 1 aromatic rings. The van der Waals surface area contributed by atoms with Gasteiger partial charge in [0.05, 0.1) is 23.3 Å². The van der Waals surface area contributed by atoms with Gasteiger partial charge in [-0.1, -0.05) is 12.1 Å². The van der Waals surface area contributed by atoms with Crippen molar-refractivity contribution < 1.29 is 30.0 Å². The smallest absolute Gasteiger partial charge is 0.261 e. The molecule has 1 aliphatic carbocycles. The monoisotopic (exact) mass is 293 g/mol. The highest BCUT2D eigenvalue weighted by Gasteiger charge is 2.50. The zero-order valence-corrected chi connectivity index (χ0v) is 11.0. The first-order valence-electron chi connectivity index (χ1n) is 6.62. The van der Waals surface area contributed by atoms with Crippen molar-refractivity contribution in [2.75, 3.05) is 0 Å². The molecular formula is C14H15NO6. The van der Waals surface area contributed by atoms with Gasteiger partial charge in [0.25, 0.3) is 11.8 Å². The molecule has 1 saturated carbocycles. The predicted octanol–water partition coefficient (Wildman–Crippen LogP) is -1.50. The van der Waals surface area contributed by atoms with Crippen molar-refractivity contribution in [1.82, 2.24) is 4.90 Å². The molecular weight excluding hydrogens is 278 g/mol. The Morgan fingerprint density at radius 2 is 1.38 bits per heavy atom. The number of amides is 2. The topological polar surface area (TPSA) is 118 Å². The zero-order valence-electron chi connectivity index (χ0n) is 11.0. The fraction of sp³-hybridized carbons (Fsp3) is 0.429. The van der Waals surface area contributed by atoms with Crippen LogP contribution in [0.3, 0.4) is 0 Å². The molecule has 5 atom stereocenters. The second-order valence-corrected chi connectivity index (χ2v) is 5.37. The molecule has 0 aromatic heterocycles. The third-order valence-electron chi connectivity index (χ3n) is 4.13. The molecule has 7 heteroatoms. The lowest BCUT2D eigenvalue weighted by atomic mass is 9.84. The lowest BCUT2D eigenvalue weighted by Gasteiger charge is -2.41. The zero-order chi connectivity index (χ0) is 15.3. The number of benzene rings is 1. The molecule has 7 nitrogen and oxygen atoms in total. The Morgan fingerprint density at radius 3 is 1.90 bits per heavy atom. The lowest BCUT2D eigenvalue weighted by molar-refractivity contribution is -0.155. The summed E-state index contributed by atoms with van der Waals surface area (Å²) in [5.74, 6) is -1.15. The Morgan fingerprint density at radius 1 is 0.857 bits per heavy atom. The van der Waals surface area contributed by atoms with E-state index in [1.165, 1.54) is 12.1 Å². The highest BCUT2D eigenvalue weighted by Crippen LogP contribution is 2.31. The van der Waals surface area contributed by atoms with Gasteiger partial charge in [-0.15, -0.1) is 0 Å². The summed E-state index contributed by atoms with van der Waals surface area (Å²) >= 11 is 0. The standard InChI is InChI=1S/C14H15NO6/c16-9-5-8(10(17)12(19)11(9)18)15-13(20)6-3-1-2-4-7(6)14(15)21/h1-4,8-12,16-19H,5H2/t8-,9-,10+,11+,12-/m1/s1. The molecule has 1 fully saturated rings. The van der Waals surface area contributed by atoms with Crippen molar-refractivity contribution in [2.24, 2.45) is 0 Å². The number of nitrogens with zero attached hydrogens (tertiary/aromatic N) is 1. The summed E-state index contributed by atoms with van der Waals surface area (Å²) in [4.78, 5) is 25.5. The van der Waals surface area contributed by atoms with E-state index in [1.807, 2.05) is 0 Å². The van der Waals surface area contributed by atoms with Gasteiger partial charge in [-0.3, -0.25) is 14.5 Å². The second-order valence-electron chi connectivity index (χ2n) is 5.37. The molecule has 1 aliphatic heterocycles. The average Bonchev–Trinajstić information content (AvgIpc) is 2.73. The van der Waals surface area contributed by atoms with Crippen LogP contribution in [0.2, 0.25) is 0 Å². The quantitative estimate of drug-likeness (QED) is 0.468. The number of carbonyl (C=O) groups excluding carboxylic acids is 2. The van der Waals surface area contributed by atoms with Gasteiger partial charge in [-0.25, -0.2) is 0 Å². The second kappa shape index (κ2) is 4.88. The summed E-state index contributed by atoms with van der Waals surface area (Å²) in [5.41, 5.74) is 0.453.